The minimum Gasteiger partial charge on any atom is -0.465 e. The number of aryl methyl sites for hydroxylation is 2. The molecule has 29 heavy (non-hydrogen) atoms. The fourth-order valence-corrected chi connectivity index (χ4v) is 3.78. The molecule has 0 aliphatic rings. The van der Waals surface area contributed by atoms with Gasteiger partial charge in [-0.2, -0.15) is 0 Å². The Morgan fingerprint density at radius 1 is 1.03 bits per heavy atom. The smallest absolute Gasteiger partial charge is 0.326 e. The van der Waals surface area contributed by atoms with E-state index in [4.69, 9.17) is 4.74 Å². The molecular weight excluding hydrogens is 370 g/mol. The van der Waals surface area contributed by atoms with Crippen molar-refractivity contribution in [2.45, 2.75) is 27.3 Å². The SMILES string of the molecule is CCOC(=O)Cn1c(=O)c(=O)[nH]c2ccc3ccc(-n4c(C)ccc4C)cc3c21. The average Bonchev–Trinajstić information content (AvgIpc) is 3.03. The standard InChI is InChI=1S/C22H21N3O4/c1-4-29-19(26)12-24-20-17-11-16(25-13(2)5-6-14(25)3)9-7-15(17)8-10-18(20)23-21(27)22(24)28/h5-11H,4,12H2,1-3H3,(H,23,27). The van der Waals surface area contributed by atoms with Crippen LogP contribution in [-0.2, 0) is 16.1 Å². The van der Waals surface area contributed by atoms with Crippen molar-refractivity contribution in [3.8, 4) is 5.69 Å². The van der Waals surface area contributed by atoms with E-state index in [1.54, 1.807) is 13.0 Å². The van der Waals surface area contributed by atoms with Gasteiger partial charge >= 0.3 is 17.1 Å². The first-order chi connectivity index (χ1) is 13.9. The first-order valence-electron chi connectivity index (χ1n) is 9.41. The highest BCUT2D eigenvalue weighted by molar-refractivity contribution is 6.05. The Balaban J connectivity index is 2.06. The van der Waals surface area contributed by atoms with Gasteiger partial charge in [0.2, 0.25) is 0 Å². The molecule has 0 saturated heterocycles. The Bertz CT molecular complexity index is 1360. The van der Waals surface area contributed by atoms with Gasteiger partial charge in [0.1, 0.15) is 6.54 Å². The van der Waals surface area contributed by atoms with Crippen LogP contribution in [0.15, 0.2) is 52.1 Å². The molecule has 0 aliphatic heterocycles. The monoisotopic (exact) mass is 391 g/mol. The Kier molecular flexibility index (Phi) is 4.58. The molecule has 148 valence electrons. The predicted molar refractivity (Wildman–Crippen MR) is 112 cm³/mol. The third-order valence-corrected chi connectivity index (χ3v) is 5.06. The molecular formula is C22H21N3O4. The van der Waals surface area contributed by atoms with Crippen LogP contribution in [0.2, 0.25) is 0 Å². The number of carbonyl (C=O) groups excluding carboxylic acids is 1. The average molecular weight is 391 g/mol. The van der Waals surface area contributed by atoms with Crippen LogP contribution in [0.5, 0.6) is 0 Å². The van der Waals surface area contributed by atoms with E-state index in [0.717, 1.165) is 27.8 Å². The summed E-state index contributed by atoms with van der Waals surface area (Å²) in [5.74, 6) is -0.563. The van der Waals surface area contributed by atoms with Crippen LogP contribution in [-0.4, -0.2) is 26.7 Å². The Labute approximate surface area is 166 Å². The van der Waals surface area contributed by atoms with Gasteiger partial charge in [-0.3, -0.25) is 19.0 Å². The summed E-state index contributed by atoms with van der Waals surface area (Å²) >= 11 is 0. The van der Waals surface area contributed by atoms with Gasteiger partial charge in [0.15, 0.2) is 0 Å². The molecule has 1 N–H and O–H groups in total. The maximum Gasteiger partial charge on any atom is 0.326 e. The molecule has 0 amide bonds. The van der Waals surface area contributed by atoms with Crippen LogP contribution in [0.4, 0.5) is 0 Å². The van der Waals surface area contributed by atoms with Gasteiger partial charge < -0.3 is 14.3 Å². The fraction of sp³-hybridized carbons (Fsp3) is 0.227. The molecule has 0 aliphatic carbocycles. The topological polar surface area (TPSA) is 86.1 Å². The lowest BCUT2D eigenvalue weighted by Crippen LogP contribution is -2.38. The largest absolute Gasteiger partial charge is 0.465 e. The lowest BCUT2D eigenvalue weighted by Gasteiger charge is -2.14. The lowest BCUT2D eigenvalue weighted by atomic mass is 10.1. The quantitative estimate of drug-likeness (QED) is 0.329. The van der Waals surface area contributed by atoms with Gasteiger partial charge in [-0.1, -0.05) is 12.1 Å². The second-order valence-corrected chi connectivity index (χ2v) is 6.97. The number of hydrogen-bond donors (Lipinski definition) is 1. The number of H-pyrrole nitrogens is 1. The van der Waals surface area contributed by atoms with E-state index in [1.165, 1.54) is 4.57 Å². The maximum atomic E-state index is 12.6. The van der Waals surface area contributed by atoms with Crippen molar-refractivity contribution in [3.63, 3.8) is 0 Å². The molecule has 0 spiro atoms. The van der Waals surface area contributed by atoms with Crippen molar-refractivity contribution in [1.82, 2.24) is 14.1 Å². The summed E-state index contributed by atoms with van der Waals surface area (Å²) in [5, 5.41) is 1.66. The van der Waals surface area contributed by atoms with Crippen LogP contribution in [0, 0.1) is 13.8 Å². The highest BCUT2D eigenvalue weighted by Gasteiger charge is 2.15. The van der Waals surface area contributed by atoms with Crippen LogP contribution >= 0.6 is 0 Å². The zero-order valence-electron chi connectivity index (χ0n) is 16.5. The fourth-order valence-electron chi connectivity index (χ4n) is 3.78. The summed E-state index contributed by atoms with van der Waals surface area (Å²) in [5.41, 5.74) is 2.55. The number of hydrogen-bond acceptors (Lipinski definition) is 4. The van der Waals surface area contributed by atoms with Crippen LogP contribution in [0.25, 0.3) is 27.5 Å². The molecule has 0 bridgehead atoms. The number of nitrogens with one attached hydrogen (secondary N) is 1. The zero-order valence-corrected chi connectivity index (χ0v) is 16.5. The van der Waals surface area contributed by atoms with Crippen molar-refractivity contribution in [3.05, 3.63) is 74.6 Å². The van der Waals surface area contributed by atoms with E-state index in [0.29, 0.717) is 11.0 Å². The molecule has 2 aromatic carbocycles. The second-order valence-electron chi connectivity index (χ2n) is 6.97. The molecule has 4 rings (SSSR count). The van der Waals surface area contributed by atoms with Crippen molar-refractivity contribution in [2.75, 3.05) is 6.61 Å². The number of carbonyl (C=O) groups is 1. The highest BCUT2D eigenvalue weighted by Crippen LogP contribution is 2.27. The summed E-state index contributed by atoms with van der Waals surface area (Å²) in [6.07, 6.45) is 0. The maximum absolute atomic E-state index is 12.6. The number of aromatic amines is 1. The molecule has 2 aromatic heterocycles. The number of nitrogens with zero attached hydrogens (tertiary/aromatic N) is 2. The molecule has 2 heterocycles. The number of ether oxygens (including phenoxy) is 1. The van der Waals surface area contributed by atoms with Crippen molar-refractivity contribution in [2.24, 2.45) is 0 Å². The van der Waals surface area contributed by atoms with Gasteiger partial charge in [0.25, 0.3) is 0 Å². The molecule has 0 unspecified atom stereocenters. The van der Waals surface area contributed by atoms with Gasteiger partial charge in [-0.15, -0.1) is 0 Å². The first kappa shape index (κ1) is 18.7. The van der Waals surface area contributed by atoms with E-state index < -0.39 is 17.1 Å². The van der Waals surface area contributed by atoms with Crippen molar-refractivity contribution in [1.29, 1.82) is 0 Å². The number of fused-ring (bicyclic) bond motifs is 3. The zero-order chi connectivity index (χ0) is 20.7. The molecule has 0 radical (unpaired) electrons. The predicted octanol–water partition coefficient (Wildman–Crippen LogP) is 2.81. The third-order valence-electron chi connectivity index (χ3n) is 5.06. The van der Waals surface area contributed by atoms with Crippen LogP contribution in [0.3, 0.4) is 0 Å². The molecule has 0 fully saturated rings. The van der Waals surface area contributed by atoms with Crippen molar-refractivity contribution >= 4 is 27.8 Å². The van der Waals surface area contributed by atoms with E-state index in [-0.39, 0.29) is 13.2 Å². The van der Waals surface area contributed by atoms with Gasteiger partial charge in [0.05, 0.1) is 17.6 Å². The van der Waals surface area contributed by atoms with Gasteiger partial charge in [0, 0.05) is 22.5 Å². The Morgan fingerprint density at radius 3 is 2.41 bits per heavy atom. The Hall–Kier alpha value is -3.61. The van der Waals surface area contributed by atoms with Crippen molar-refractivity contribution < 1.29 is 9.53 Å². The summed E-state index contributed by atoms with van der Waals surface area (Å²) in [4.78, 5) is 39.4. The van der Waals surface area contributed by atoms with Gasteiger partial charge in [-0.05, 0) is 56.5 Å². The minimum absolute atomic E-state index is 0.200. The van der Waals surface area contributed by atoms with E-state index in [2.05, 4.69) is 9.55 Å². The van der Waals surface area contributed by atoms with Crippen LogP contribution in [0.1, 0.15) is 18.3 Å². The van der Waals surface area contributed by atoms with E-state index in [1.807, 2.05) is 50.2 Å². The second kappa shape index (κ2) is 7.09. The summed E-state index contributed by atoms with van der Waals surface area (Å²) in [6.45, 7) is 5.62. The summed E-state index contributed by atoms with van der Waals surface area (Å²) < 4.78 is 8.31. The molecule has 0 saturated carbocycles. The molecule has 4 aromatic rings. The molecule has 7 heteroatoms. The first-order valence-corrected chi connectivity index (χ1v) is 9.41. The van der Waals surface area contributed by atoms with E-state index in [9.17, 15) is 14.4 Å². The van der Waals surface area contributed by atoms with E-state index >= 15 is 0 Å². The summed E-state index contributed by atoms with van der Waals surface area (Å²) in [7, 11) is 0. The minimum atomic E-state index is -0.781. The number of aromatic nitrogens is 3. The normalized spacial score (nSPS) is 11.3. The number of esters is 1. The highest BCUT2D eigenvalue weighted by atomic mass is 16.5. The molecule has 0 atom stereocenters. The van der Waals surface area contributed by atoms with Gasteiger partial charge in [-0.25, -0.2) is 0 Å². The third kappa shape index (κ3) is 3.14. The number of rotatable bonds is 4. The Morgan fingerprint density at radius 2 is 1.72 bits per heavy atom. The van der Waals surface area contributed by atoms with Crippen LogP contribution < -0.4 is 11.1 Å². The number of benzene rings is 2. The summed E-state index contributed by atoms with van der Waals surface area (Å²) in [6, 6.07) is 13.6. The molecule has 7 nitrogen and oxygen atoms in total. The lowest BCUT2D eigenvalue weighted by molar-refractivity contribution is -0.143.